The second-order valence-corrected chi connectivity index (χ2v) is 7.92. The third-order valence-corrected chi connectivity index (χ3v) is 5.37. The van der Waals surface area contributed by atoms with Crippen molar-refractivity contribution in [1.82, 2.24) is 5.32 Å². The quantitative estimate of drug-likeness (QED) is 0.527. The van der Waals surface area contributed by atoms with E-state index < -0.39 is 30.4 Å². The van der Waals surface area contributed by atoms with Crippen LogP contribution in [0.4, 0.5) is 34.6 Å². The minimum Gasteiger partial charge on any atom is -0.376 e. The molecule has 6 nitrogen and oxygen atoms in total. The normalized spacial score (nSPS) is 14.0. The van der Waals surface area contributed by atoms with Crippen LogP contribution >= 0.6 is 0 Å². The number of piperidine rings is 1. The summed E-state index contributed by atoms with van der Waals surface area (Å²) in [6.45, 7) is 1.72. The van der Waals surface area contributed by atoms with Gasteiger partial charge < -0.3 is 20.9 Å². The third-order valence-electron chi connectivity index (χ3n) is 5.37. The average molecular weight is 466 g/mol. The zero-order valence-electron chi connectivity index (χ0n) is 18.2. The van der Waals surface area contributed by atoms with E-state index in [1.165, 1.54) is 19.4 Å². The van der Waals surface area contributed by atoms with Crippen LogP contribution in [0, 0.1) is 12.7 Å². The van der Waals surface area contributed by atoms with Crippen molar-refractivity contribution in [1.29, 1.82) is 0 Å². The Morgan fingerprint density at radius 1 is 1.03 bits per heavy atom. The largest absolute Gasteiger partial charge is 0.405 e. The van der Waals surface area contributed by atoms with Gasteiger partial charge in [-0.05, 0) is 62.6 Å². The number of rotatable bonds is 7. The summed E-state index contributed by atoms with van der Waals surface area (Å²) in [7, 11) is 0. The molecule has 0 bridgehead atoms. The molecule has 1 heterocycles. The molecule has 1 fully saturated rings. The Bertz CT molecular complexity index is 987. The van der Waals surface area contributed by atoms with Gasteiger partial charge in [-0.2, -0.15) is 13.2 Å². The van der Waals surface area contributed by atoms with Gasteiger partial charge in [0.2, 0.25) is 5.91 Å². The Morgan fingerprint density at radius 2 is 1.70 bits per heavy atom. The number of carbonyl (C=O) groups excluding carboxylic acids is 2. The van der Waals surface area contributed by atoms with Gasteiger partial charge in [-0.1, -0.05) is 0 Å². The number of anilines is 3. The van der Waals surface area contributed by atoms with Crippen molar-refractivity contribution in [2.45, 2.75) is 32.4 Å². The van der Waals surface area contributed by atoms with Gasteiger partial charge in [0.25, 0.3) is 5.91 Å². The lowest BCUT2D eigenvalue weighted by atomic mass is 10.1. The summed E-state index contributed by atoms with van der Waals surface area (Å²) in [5.74, 6) is -2.23. The number of carbonyl (C=O) groups is 2. The van der Waals surface area contributed by atoms with Crippen LogP contribution in [0.5, 0.6) is 0 Å². The van der Waals surface area contributed by atoms with E-state index in [9.17, 15) is 27.2 Å². The molecule has 178 valence electrons. The number of benzene rings is 2. The zero-order chi connectivity index (χ0) is 24.0. The molecule has 10 heteroatoms. The fraction of sp³-hybridized carbons (Fsp3) is 0.391. The monoisotopic (exact) mass is 466 g/mol. The smallest absolute Gasteiger partial charge is 0.376 e. The maximum atomic E-state index is 14.2. The molecule has 3 rings (SSSR count). The minimum atomic E-state index is -4.58. The molecule has 0 aromatic heterocycles. The predicted octanol–water partition coefficient (Wildman–Crippen LogP) is 4.47. The average Bonchev–Trinajstić information content (AvgIpc) is 2.79. The lowest BCUT2D eigenvalue weighted by Crippen LogP contribution is -2.33. The number of hydrogen-bond donors (Lipinski definition) is 3. The molecule has 0 aliphatic carbocycles. The van der Waals surface area contributed by atoms with Crippen LogP contribution < -0.4 is 20.9 Å². The van der Waals surface area contributed by atoms with E-state index in [4.69, 9.17) is 0 Å². The topological polar surface area (TPSA) is 73.5 Å². The van der Waals surface area contributed by atoms with Crippen molar-refractivity contribution in [2.75, 3.05) is 41.7 Å². The molecule has 3 N–H and O–H groups in total. The number of nitrogens with one attached hydrogen (secondary N) is 3. The van der Waals surface area contributed by atoms with Crippen molar-refractivity contribution in [3.63, 3.8) is 0 Å². The first-order valence-electron chi connectivity index (χ1n) is 10.7. The second kappa shape index (κ2) is 10.5. The van der Waals surface area contributed by atoms with E-state index in [1.807, 2.05) is 12.1 Å². The molecule has 0 radical (unpaired) electrons. The Morgan fingerprint density at radius 3 is 2.33 bits per heavy atom. The zero-order valence-corrected chi connectivity index (χ0v) is 18.2. The van der Waals surface area contributed by atoms with Crippen molar-refractivity contribution in [3.05, 3.63) is 53.3 Å². The van der Waals surface area contributed by atoms with E-state index in [-0.39, 0.29) is 23.4 Å². The van der Waals surface area contributed by atoms with Crippen LogP contribution in [0.25, 0.3) is 0 Å². The van der Waals surface area contributed by atoms with Crippen molar-refractivity contribution in [2.24, 2.45) is 0 Å². The number of hydrogen-bond acceptors (Lipinski definition) is 4. The van der Waals surface area contributed by atoms with Crippen LogP contribution in [-0.4, -0.2) is 44.2 Å². The second-order valence-electron chi connectivity index (χ2n) is 7.92. The molecule has 2 aromatic carbocycles. The number of halogens is 4. The van der Waals surface area contributed by atoms with E-state index in [0.717, 1.165) is 37.7 Å². The summed E-state index contributed by atoms with van der Waals surface area (Å²) >= 11 is 0. The van der Waals surface area contributed by atoms with Gasteiger partial charge in [0, 0.05) is 41.3 Å². The Labute approximate surface area is 189 Å². The fourth-order valence-corrected chi connectivity index (χ4v) is 3.56. The molecule has 1 aliphatic heterocycles. The van der Waals surface area contributed by atoms with Gasteiger partial charge in [-0.3, -0.25) is 9.59 Å². The van der Waals surface area contributed by atoms with E-state index in [2.05, 4.69) is 15.5 Å². The van der Waals surface area contributed by atoms with Crippen molar-refractivity contribution >= 4 is 28.9 Å². The first-order chi connectivity index (χ1) is 15.6. The molecule has 0 atom stereocenters. The maximum absolute atomic E-state index is 14.2. The predicted molar refractivity (Wildman–Crippen MR) is 119 cm³/mol. The lowest BCUT2D eigenvalue weighted by Gasteiger charge is -2.28. The third kappa shape index (κ3) is 7.10. The van der Waals surface area contributed by atoms with Crippen LogP contribution in [0.3, 0.4) is 0 Å². The molecule has 1 aliphatic rings. The number of alkyl halides is 3. The molecule has 1 saturated heterocycles. The van der Waals surface area contributed by atoms with Crippen LogP contribution in [-0.2, 0) is 4.79 Å². The summed E-state index contributed by atoms with van der Waals surface area (Å²) in [4.78, 5) is 26.6. The maximum Gasteiger partial charge on any atom is 0.405 e. The van der Waals surface area contributed by atoms with E-state index in [0.29, 0.717) is 5.69 Å². The summed E-state index contributed by atoms with van der Waals surface area (Å²) < 4.78 is 51.1. The Hall–Kier alpha value is -3.30. The van der Waals surface area contributed by atoms with Crippen molar-refractivity contribution < 1.29 is 27.2 Å². The molecule has 2 aromatic rings. The molecule has 33 heavy (non-hydrogen) atoms. The van der Waals surface area contributed by atoms with Gasteiger partial charge in [-0.25, -0.2) is 4.39 Å². The van der Waals surface area contributed by atoms with E-state index in [1.54, 1.807) is 17.4 Å². The van der Waals surface area contributed by atoms with Gasteiger partial charge in [0.05, 0.1) is 6.54 Å². The summed E-state index contributed by atoms with van der Waals surface area (Å²) in [5.41, 5.74) is 1.70. The lowest BCUT2D eigenvalue weighted by molar-refractivity contribution is -0.123. The first kappa shape index (κ1) is 24.3. The van der Waals surface area contributed by atoms with Gasteiger partial charge in [0.15, 0.2) is 0 Å². The highest BCUT2D eigenvalue weighted by atomic mass is 19.4. The van der Waals surface area contributed by atoms with Gasteiger partial charge in [-0.15, -0.1) is 0 Å². The molecular formula is C23H26F4N4O2. The molecule has 2 amide bonds. The summed E-state index contributed by atoms with van der Waals surface area (Å²) in [6, 6.07) is 9.56. The minimum absolute atomic E-state index is 0.140. The number of nitrogens with zero attached hydrogens (tertiary/aromatic N) is 1. The van der Waals surface area contributed by atoms with Crippen LogP contribution in [0.1, 0.15) is 35.2 Å². The highest BCUT2D eigenvalue weighted by Gasteiger charge is 2.28. The molecule has 0 unspecified atom stereocenters. The number of amides is 2. The fourth-order valence-electron chi connectivity index (χ4n) is 3.56. The Balaban J connectivity index is 1.57. The summed E-state index contributed by atoms with van der Waals surface area (Å²) in [5, 5.41) is 7.17. The molecule has 0 spiro atoms. The van der Waals surface area contributed by atoms with Crippen LogP contribution in [0.2, 0.25) is 0 Å². The SMILES string of the molecule is Cc1c(F)cc(C(=O)NCC(F)(F)F)cc1NCC(=O)Nc1ccc(N2CCCCC2)cc1. The van der Waals surface area contributed by atoms with Crippen LogP contribution in [0.15, 0.2) is 36.4 Å². The standard InChI is InChI=1S/C23H26F4N4O2/c1-15-19(24)11-16(22(33)29-14-23(25,26)27)12-20(15)28-13-21(32)30-17-5-7-18(8-6-17)31-9-3-2-4-10-31/h5-8,11-12,28H,2-4,9-10,13-14H2,1H3,(H,29,33)(H,30,32). The molecule has 0 saturated carbocycles. The summed E-state index contributed by atoms with van der Waals surface area (Å²) in [6.07, 6.45) is -1.02. The Kier molecular flexibility index (Phi) is 7.78. The highest BCUT2D eigenvalue weighted by Crippen LogP contribution is 2.23. The molecular weight excluding hydrogens is 440 g/mol. The highest BCUT2D eigenvalue weighted by molar-refractivity contribution is 5.96. The first-order valence-corrected chi connectivity index (χ1v) is 10.7. The van der Waals surface area contributed by atoms with Crippen molar-refractivity contribution in [3.8, 4) is 0 Å². The van der Waals surface area contributed by atoms with Gasteiger partial charge in [0.1, 0.15) is 12.4 Å². The van der Waals surface area contributed by atoms with Gasteiger partial charge >= 0.3 is 6.18 Å². The van der Waals surface area contributed by atoms with E-state index >= 15 is 0 Å².